The van der Waals surface area contributed by atoms with Crippen molar-refractivity contribution in [2.75, 3.05) is 136 Å². The molecular weight excluding hydrogens is 1560 g/mol. The summed E-state index contributed by atoms with van der Waals surface area (Å²) >= 11 is 0. The van der Waals surface area contributed by atoms with E-state index < -0.39 is 30.1 Å². The lowest BCUT2D eigenvalue weighted by atomic mass is 9.77. The Bertz CT molecular complexity index is 4440. The van der Waals surface area contributed by atoms with Gasteiger partial charge in [-0.3, -0.25) is 14.3 Å². The van der Waals surface area contributed by atoms with Gasteiger partial charge in [0.25, 0.3) is 5.91 Å². The van der Waals surface area contributed by atoms with E-state index in [1.807, 2.05) is 15.9 Å². The predicted molar refractivity (Wildman–Crippen MR) is 479 cm³/mol. The first kappa shape index (κ1) is 99.0. The van der Waals surface area contributed by atoms with Gasteiger partial charge in [0, 0.05) is 112 Å². The Morgan fingerprint density at radius 3 is 1.47 bits per heavy atom. The zero-order valence-corrected chi connectivity index (χ0v) is 78.9. The number of nitrogens with zero attached hydrogens (tertiary/aromatic N) is 10. The monoisotopic (exact) mass is 1710 g/mol. The molecule has 3 aromatic carbocycles. The van der Waals surface area contributed by atoms with Crippen LogP contribution in [0.3, 0.4) is 0 Å². The van der Waals surface area contributed by atoms with Crippen molar-refractivity contribution in [3.63, 3.8) is 0 Å². The number of fused-ring (bicyclic) bond motifs is 2. The van der Waals surface area contributed by atoms with Gasteiger partial charge in [-0.05, 0) is 199 Å². The maximum Gasteiger partial charge on any atom is 0.289 e. The smallest absolute Gasteiger partial charge is 0.289 e. The molecule has 0 aliphatic carbocycles. The highest BCUT2D eigenvalue weighted by Crippen LogP contribution is 2.41. The van der Waals surface area contributed by atoms with Crippen LogP contribution in [0.2, 0.25) is 0 Å². The minimum atomic E-state index is -3.46. The van der Waals surface area contributed by atoms with Crippen LogP contribution in [0, 0.1) is 57.7 Å². The average Bonchev–Trinajstić information content (AvgIpc) is 1.78. The molecule has 5 saturated heterocycles. The minimum Gasteiger partial charge on any atom is -0.490 e. The Labute approximate surface area is 717 Å². The molecule has 0 radical (unpaired) electrons. The molecule has 0 N–H and O–H groups in total. The third kappa shape index (κ3) is 29.0. The lowest BCUT2D eigenvalue weighted by molar-refractivity contribution is -0.130. The number of aromatic nitrogens is 3. The Hall–Kier alpha value is -7.07. The predicted octanol–water partition coefficient (Wildman–Crippen LogP) is 17.7. The van der Waals surface area contributed by atoms with Crippen molar-refractivity contribution in [3.05, 3.63) is 133 Å². The number of benzene rings is 3. The molecule has 5 fully saturated rings. The number of anilines is 2. The molecule has 13 rings (SSSR count). The first-order valence-corrected chi connectivity index (χ1v) is 47.7. The maximum atomic E-state index is 12.7. The van der Waals surface area contributed by atoms with Crippen molar-refractivity contribution in [3.8, 4) is 17.4 Å². The second kappa shape index (κ2) is 44.3. The second-order valence-electron chi connectivity index (χ2n) is 38.3. The molecule has 7 aliphatic rings. The molecule has 119 heavy (non-hydrogen) atoms. The SMILES string of the molecule is CC(=O)N1CCCC(C(C)C)C1.CC(C)(C)C1CCCN(S(=O)(=O)c2ccccc2)C1.CC(C)C1CCCN(C(=O)c2ccco2)C1.CN1CCOc2ccc(C(C)(C)C)cc21.COCCN1CCOc2ccc(C(C)C)cc21.COc1ccc(S(=O)(=O)N2CCCC(C(C)(C)C)C2)cn1.Cn1cc(S(=O)(=O)N2CCCC(C(C)(C)C)C2)cn1. The number of carbonyl (C=O) groups is 2. The van der Waals surface area contributed by atoms with E-state index in [-0.39, 0.29) is 38.4 Å². The van der Waals surface area contributed by atoms with Crippen molar-refractivity contribution >= 4 is 53.3 Å². The van der Waals surface area contributed by atoms with Gasteiger partial charge in [-0.15, -0.1) is 0 Å². The molecule has 0 spiro atoms. The molecule has 0 saturated carbocycles. The number of ether oxygens (including phenoxy) is 4. The number of furan rings is 1. The largest absolute Gasteiger partial charge is 0.490 e. The molecular formula is C93H148N10O13S3. The summed E-state index contributed by atoms with van der Waals surface area (Å²) in [6, 6.07) is 28.4. The van der Waals surface area contributed by atoms with Crippen molar-refractivity contribution in [2.45, 2.75) is 222 Å². The van der Waals surface area contributed by atoms with E-state index in [0.717, 1.165) is 128 Å². The van der Waals surface area contributed by atoms with Crippen LogP contribution in [-0.4, -0.2) is 201 Å². The third-order valence-corrected chi connectivity index (χ3v) is 30.0. The molecule has 5 atom stereocenters. The maximum absolute atomic E-state index is 12.7. The standard InChI is InChI=1S/C15H24N2O3S.C15H23NO2S.C14H21NO2.C13H23N3O2S.C13H19NO2.C13H19NO.C10H19NO/c1-15(2,3)12-6-5-9-17(11-12)21(18,19)13-7-8-14(20-4)16-10-13;1-15(2,3)13-8-7-11-16(12-13)19(17,18)14-9-5-4-6-10-14;1-11(2)12-4-5-14-13(10-12)15(6-8-16-3)7-9-17-14;1-13(2,3)11-6-5-7-16(9-11)19(17,18)12-8-14-15(4)10-12;1-10(2)11-5-3-7-14(9-11)13(15)12-6-4-8-16-12;1-13(2,3)10-5-6-12-11(9-10)14(4)7-8-15-12;1-8(2)10-5-4-6-11(7-10)9(3)12/h7-8,10,12H,5-6,9,11H2,1-4H3;4-6,9-10,13H,7-8,11-12H2,1-3H3;4-5,10-11H,6-9H2,1-3H3;8,10-11H,5-7,9H2,1-4H3;4,6,8,10-11H,3,5,7,9H2,1-2H3;5-6,9H,7-8H2,1-4H3;8,10H,4-7H2,1-3H3. The zero-order valence-electron chi connectivity index (χ0n) is 76.5. The summed E-state index contributed by atoms with van der Waals surface area (Å²) in [7, 11) is -3.07. The molecule has 10 heterocycles. The van der Waals surface area contributed by atoms with Gasteiger partial charge in [-0.25, -0.2) is 30.2 Å². The summed E-state index contributed by atoms with van der Waals surface area (Å²) in [4.78, 5) is 36.6. The first-order chi connectivity index (χ1) is 55.8. The molecule has 0 bridgehead atoms. The fraction of sp³-hybridized carbons (Fsp3) is 0.656. The molecule has 7 aliphatic heterocycles. The quantitative estimate of drug-likeness (QED) is 0.0984. The van der Waals surface area contributed by atoms with Gasteiger partial charge < -0.3 is 43.0 Å². The summed E-state index contributed by atoms with van der Waals surface area (Å²) in [6.07, 6.45) is 16.8. The normalized spacial score (nSPS) is 20.4. The van der Waals surface area contributed by atoms with Gasteiger partial charge >= 0.3 is 0 Å². The number of piperidine rings is 5. The number of likely N-dealkylation sites (tertiary alicyclic amines) is 2. The number of methoxy groups -OCH3 is 2. The Kier molecular flexibility index (Phi) is 36.9. The fourth-order valence-corrected chi connectivity index (χ4v) is 20.4. The molecule has 26 heteroatoms. The van der Waals surface area contributed by atoms with Gasteiger partial charge in [-0.1, -0.05) is 155 Å². The van der Waals surface area contributed by atoms with Crippen LogP contribution in [-0.2, 0) is 52.1 Å². The number of hydrogen-bond acceptors (Lipinski definition) is 17. The molecule has 3 aromatic heterocycles. The summed E-state index contributed by atoms with van der Waals surface area (Å²) in [6.45, 7) is 53.9. The van der Waals surface area contributed by atoms with Crippen LogP contribution < -0.4 is 24.0 Å². The van der Waals surface area contributed by atoms with E-state index in [2.05, 4.69) is 188 Å². The second-order valence-corrected chi connectivity index (χ2v) is 44.1. The van der Waals surface area contributed by atoms with Crippen molar-refractivity contribution in [1.82, 2.24) is 37.5 Å². The highest BCUT2D eigenvalue weighted by Gasteiger charge is 2.39. The van der Waals surface area contributed by atoms with Gasteiger partial charge in [0.05, 0.1) is 61.7 Å². The molecule has 23 nitrogen and oxygen atoms in total. The Balaban J connectivity index is 0.000000193. The van der Waals surface area contributed by atoms with Crippen molar-refractivity contribution in [1.29, 1.82) is 0 Å². The van der Waals surface area contributed by atoms with Crippen LogP contribution >= 0.6 is 0 Å². The molecule has 6 aromatic rings. The van der Waals surface area contributed by atoms with Crippen LogP contribution in [0.15, 0.2) is 135 Å². The number of carbonyl (C=O) groups excluding carboxylic acids is 2. The van der Waals surface area contributed by atoms with Gasteiger partial charge in [0.15, 0.2) is 5.76 Å². The number of likely N-dealkylation sites (N-methyl/N-ethyl adjacent to an activating group) is 1. The summed E-state index contributed by atoms with van der Waals surface area (Å²) in [5, 5.41) is 3.96. The number of pyridine rings is 1. The van der Waals surface area contributed by atoms with E-state index in [9.17, 15) is 34.8 Å². The van der Waals surface area contributed by atoms with Crippen LogP contribution in [0.4, 0.5) is 11.4 Å². The van der Waals surface area contributed by atoms with Crippen LogP contribution in [0.25, 0.3) is 0 Å². The number of rotatable bonds is 14. The topological polar surface area (TPSA) is 240 Å². The van der Waals surface area contributed by atoms with E-state index in [4.69, 9.17) is 23.4 Å². The highest BCUT2D eigenvalue weighted by molar-refractivity contribution is 7.89. The zero-order chi connectivity index (χ0) is 88.0. The third-order valence-electron chi connectivity index (χ3n) is 24.4. The number of sulfonamides is 3. The summed E-state index contributed by atoms with van der Waals surface area (Å²) in [5.74, 6) is 7.65. The number of amides is 2. The molecule has 666 valence electrons. The van der Waals surface area contributed by atoms with Gasteiger partial charge in [-0.2, -0.15) is 18.0 Å². The summed E-state index contributed by atoms with van der Waals surface area (Å²) < 4.78 is 109. The van der Waals surface area contributed by atoms with E-state index in [1.54, 1.807) is 95.0 Å². The van der Waals surface area contributed by atoms with Gasteiger partial charge in [0.1, 0.15) is 34.5 Å². The van der Waals surface area contributed by atoms with Crippen molar-refractivity contribution < 1.29 is 58.2 Å². The average molecular weight is 1710 g/mol. The Morgan fingerprint density at radius 1 is 0.521 bits per heavy atom. The molecule has 5 unspecified atom stereocenters. The Morgan fingerprint density at radius 2 is 1.02 bits per heavy atom. The lowest BCUT2D eigenvalue weighted by Crippen LogP contribution is -2.43. The number of hydrogen-bond donors (Lipinski definition) is 0. The van der Waals surface area contributed by atoms with Crippen LogP contribution in [0.1, 0.15) is 223 Å². The summed E-state index contributed by atoms with van der Waals surface area (Å²) in [5.41, 5.74) is 5.76. The van der Waals surface area contributed by atoms with E-state index in [0.29, 0.717) is 102 Å². The van der Waals surface area contributed by atoms with E-state index in [1.165, 1.54) is 65.9 Å². The first-order valence-electron chi connectivity index (χ1n) is 43.4. The lowest BCUT2D eigenvalue weighted by Gasteiger charge is -2.39. The minimum absolute atomic E-state index is 0.0374. The van der Waals surface area contributed by atoms with Crippen molar-refractivity contribution in [2.24, 2.45) is 64.7 Å². The molecule has 2 amide bonds. The van der Waals surface area contributed by atoms with E-state index >= 15 is 0 Å². The highest BCUT2D eigenvalue weighted by atomic mass is 32.2. The van der Waals surface area contributed by atoms with Crippen LogP contribution in [0.5, 0.6) is 17.4 Å². The fourth-order valence-electron chi connectivity index (χ4n) is 15.8. The number of aryl methyl sites for hydroxylation is 1. The van der Waals surface area contributed by atoms with Gasteiger partial charge in [0.2, 0.25) is 41.9 Å².